The first-order valence-corrected chi connectivity index (χ1v) is 10.6. The summed E-state index contributed by atoms with van der Waals surface area (Å²) in [7, 11) is 0. The fraction of sp³-hybridized carbons (Fsp3) is 0.682. The van der Waals surface area contributed by atoms with Crippen molar-refractivity contribution in [2.75, 3.05) is 11.9 Å². The molecule has 0 amide bonds. The summed E-state index contributed by atoms with van der Waals surface area (Å²) < 4.78 is 15.0. The van der Waals surface area contributed by atoms with Gasteiger partial charge < -0.3 is 15.6 Å². The van der Waals surface area contributed by atoms with Crippen molar-refractivity contribution in [2.24, 2.45) is 5.92 Å². The van der Waals surface area contributed by atoms with Crippen LogP contribution < -0.4 is 16.1 Å². The third-order valence-corrected chi connectivity index (χ3v) is 5.70. The van der Waals surface area contributed by atoms with Gasteiger partial charge in [0.15, 0.2) is 0 Å². The molecule has 0 aromatic carbocycles. The first-order valence-electron chi connectivity index (χ1n) is 10.6. The van der Waals surface area contributed by atoms with Crippen molar-refractivity contribution >= 4 is 5.82 Å². The van der Waals surface area contributed by atoms with Crippen molar-refractivity contribution in [1.82, 2.24) is 20.7 Å². The minimum Gasteiger partial charge on any atom is -0.350 e. The van der Waals surface area contributed by atoms with Gasteiger partial charge in [-0.1, -0.05) is 6.92 Å². The lowest BCUT2D eigenvalue weighted by Crippen LogP contribution is -2.50. The van der Waals surface area contributed by atoms with Crippen LogP contribution >= 0.6 is 0 Å². The summed E-state index contributed by atoms with van der Waals surface area (Å²) >= 11 is 0. The molecule has 6 heteroatoms. The Morgan fingerprint density at radius 3 is 2.71 bits per heavy atom. The van der Waals surface area contributed by atoms with Crippen LogP contribution in [0.15, 0.2) is 17.8 Å². The molecule has 0 bridgehead atoms. The molecule has 28 heavy (non-hydrogen) atoms. The van der Waals surface area contributed by atoms with Gasteiger partial charge >= 0.3 is 0 Å². The Hall–Kier alpha value is -1.66. The quantitative estimate of drug-likeness (QED) is 0.711. The van der Waals surface area contributed by atoms with Crippen LogP contribution in [-0.4, -0.2) is 34.3 Å². The van der Waals surface area contributed by atoms with E-state index in [2.05, 4.69) is 66.7 Å². The Morgan fingerprint density at radius 1 is 1.36 bits per heavy atom. The molecular formula is C22H36FN5. The second-order valence-electron chi connectivity index (χ2n) is 9.30. The van der Waals surface area contributed by atoms with Crippen LogP contribution in [0.2, 0.25) is 0 Å². The molecular weight excluding hydrogens is 353 g/mol. The minimum absolute atomic E-state index is 0.0152. The zero-order chi connectivity index (χ0) is 20.5. The highest BCUT2D eigenvalue weighted by Crippen LogP contribution is 2.26. The third-order valence-electron chi connectivity index (χ3n) is 5.70. The van der Waals surface area contributed by atoms with Crippen LogP contribution in [-0.2, 0) is 12.8 Å². The Labute approximate surface area is 169 Å². The predicted octanol–water partition coefficient (Wildman–Crippen LogP) is 3.97. The normalized spacial score (nSPS) is 25.8. The fourth-order valence-corrected chi connectivity index (χ4v) is 4.35. The van der Waals surface area contributed by atoms with Crippen LogP contribution in [0.3, 0.4) is 0 Å². The first kappa shape index (κ1) is 21.1. The van der Waals surface area contributed by atoms with Gasteiger partial charge in [-0.25, -0.2) is 14.8 Å². The van der Waals surface area contributed by atoms with Gasteiger partial charge in [-0.15, -0.1) is 0 Å². The molecule has 2 unspecified atom stereocenters. The highest BCUT2D eigenvalue weighted by atomic mass is 19.1. The number of nitrogens with zero attached hydrogens (tertiary/aromatic N) is 2. The van der Waals surface area contributed by atoms with E-state index >= 15 is 0 Å². The number of hydrazine groups is 1. The van der Waals surface area contributed by atoms with Crippen LogP contribution in [0.1, 0.15) is 65.6 Å². The molecule has 1 aromatic rings. The van der Waals surface area contributed by atoms with Gasteiger partial charge in [-0.3, -0.25) is 0 Å². The fourth-order valence-electron chi connectivity index (χ4n) is 4.35. The highest BCUT2D eigenvalue weighted by molar-refractivity contribution is 5.43. The summed E-state index contributed by atoms with van der Waals surface area (Å²) in [5.74, 6) is 1.11. The number of halogens is 1. The Balaban J connectivity index is 1.77. The van der Waals surface area contributed by atoms with E-state index in [9.17, 15) is 4.39 Å². The number of allylic oxidation sites excluding steroid dienone is 1. The van der Waals surface area contributed by atoms with Gasteiger partial charge in [0, 0.05) is 17.3 Å². The van der Waals surface area contributed by atoms with Gasteiger partial charge in [0.2, 0.25) is 0 Å². The average Bonchev–Trinajstić information content (AvgIpc) is 2.98. The van der Waals surface area contributed by atoms with Crippen molar-refractivity contribution in [3.63, 3.8) is 0 Å². The second kappa shape index (κ2) is 8.37. The van der Waals surface area contributed by atoms with E-state index in [0.717, 1.165) is 30.8 Å². The van der Waals surface area contributed by atoms with Crippen molar-refractivity contribution in [1.29, 1.82) is 0 Å². The van der Waals surface area contributed by atoms with E-state index in [1.807, 2.05) is 13.0 Å². The Kier molecular flexibility index (Phi) is 6.30. The van der Waals surface area contributed by atoms with E-state index < -0.39 is 0 Å². The zero-order valence-corrected chi connectivity index (χ0v) is 18.2. The number of aryl methyl sites for hydroxylation is 1. The largest absolute Gasteiger partial charge is 0.350 e. The number of piperidine rings is 1. The topological polar surface area (TPSA) is 52.2 Å². The smallest absolute Gasteiger partial charge is 0.148 e. The number of aromatic nitrogens is 1. The van der Waals surface area contributed by atoms with E-state index in [-0.39, 0.29) is 17.5 Å². The molecule has 156 valence electrons. The molecule has 3 N–H and O–H groups in total. The summed E-state index contributed by atoms with van der Waals surface area (Å²) in [5.41, 5.74) is 5.97. The summed E-state index contributed by atoms with van der Waals surface area (Å²) in [6.07, 6.45) is 5.63. The third kappa shape index (κ3) is 4.84. The maximum absolute atomic E-state index is 15.0. The first-order chi connectivity index (χ1) is 13.2. The van der Waals surface area contributed by atoms with Gasteiger partial charge in [0.1, 0.15) is 17.8 Å². The molecule has 2 aliphatic heterocycles. The van der Waals surface area contributed by atoms with Crippen LogP contribution in [0.5, 0.6) is 0 Å². The van der Waals surface area contributed by atoms with Crippen LogP contribution in [0.4, 0.5) is 10.2 Å². The average molecular weight is 390 g/mol. The standard InChI is InChI=1S/C22H36FN5/c1-7-17-13-19(26-20-11-15(3)28(27-20)22(4,5)6)25-18(21(17)23)12-16-8-9-24-14(2)10-16/h11,13-14,16,20,24,27H,7-10,12H2,1-6H3,(H,25,26)/t14-,16?,20?/m1/s1. The Morgan fingerprint density at radius 2 is 2.11 bits per heavy atom. The van der Waals surface area contributed by atoms with Crippen LogP contribution in [0, 0.1) is 11.7 Å². The van der Waals surface area contributed by atoms with E-state index in [4.69, 9.17) is 0 Å². The van der Waals surface area contributed by atoms with E-state index in [0.29, 0.717) is 30.5 Å². The molecule has 0 saturated carbocycles. The summed E-state index contributed by atoms with van der Waals surface area (Å²) in [6, 6.07) is 2.35. The lowest BCUT2D eigenvalue weighted by molar-refractivity contribution is 0.129. The molecule has 1 saturated heterocycles. The maximum atomic E-state index is 15.0. The van der Waals surface area contributed by atoms with Gasteiger partial charge in [-0.05, 0) is 90.5 Å². The molecule has 0 aliphatic carbocycles. The van der Waals surface area contributed by atoms with Crippen molar-refractivity contribution < 1.29 is 4.39 Å². The number of nitrogens with one attached hydrogen (secondary N) is 3. The molecule has 1 fully saturated rings. The molecule has 5 nitrogen and oxygen atoms in total. The minimum atomic E-state index is -0.123. The zero-order valence-electron chi connectivity index (χ0n) is 18.2. The van der Waals surface area contributed by atoms with Crippen molar-refractivity contribution in [3.05, 3.63) is 34.9 Å². The highest BCUT2D eigenvalue weighted by Gasteiger charge is 2.29. The molecule has 2 aliphatic rings. The van der Waals surface area contributed by atoms with E-state index in [1.54, 1.807) is 0 Å². The van der Waals surface area contributed by atoms with Gasteiger partial charge in [-0.2, -0.15) is 0 Å². The number of hydrogen-bond acceptors (Lipinski definition) is 5. The monoisotopic (exact) mass is 389 g/mol. The lowest BCUT2D eigenvalue weighted by atomic mass is 9.88. The predicted molar refractivity (Wildman–Crippen MR) is 113 cm³/mol. The summed E-state index contributed by atoms with van der Waals surface area (Å²) in [6.45, 7) is 13.8. The van der Waals surface area contributed by atoms with Crippen molar-refractivity contribution in [3.8, 4) is 0 Å². The van der Waals surface area contributed by atoms with Crippen molar-refractivity contribution in [2.45, 2.75) is 85.0 Å². The van der Waals surface area contributed by atoms with Crippen LogP contribution in [0.25, 0.3) is 0 Å². The lowest BCUT2D eigenvalue weighted by Gasteiger charge is -2.35. The molecule has 3 heterocycles. The second-order valence-corrected chi connectivity index (χ2v) is 9.30. The van der Waals surface area contributed by atoms with E-state index in [1.165, 1.54) is 5.70 Å². The number of pyridine rings is 1. The van der Waals surface area contributed by atoms with Gasteiger partial charge in [0.05, 0.1) is 5.69 Å². The molecule has 0 radical (unpaired) electrons. The number of hydrogen-bond donors (Lipinski definition) is 3. The molecule has 0 spiro atoms. The molecule has 3 rings (SSSR count). The molecule has 3 atom stereocenters. The summed E-state index contributed by atoms with van der Waals surface area (Å²) in [4.78, 5) is 4.68. The van der Waals surface area contributed by atoms with Gasteiger partial charge in [0.25, 0.3) is 0 Å². The number of rotatable bonds is 5. The Bertz CT molecular complexity index is 724. The maximum Gasteiger partial charge on any atom is 0.148 e. The SMILES string of the molecule is CCc1cc(NC2C=C(C)N(C(C)(C)C)N2)nc(CC2CCN[C@H](C)C2)c1F. The molecule has 1 aromatic heterocycles. The number of anilines is 1. The summed E-state index contributed by atoms with van der Waals surface area (Å²) in [5, 5.41) is 9.07.